The molecular formula is C10H10N2O2. The lowest BCUT2D eigenvalue weighted by atomic mass is 9.94. The Kier molecular flexibility index (Phi) is 2.18. The Bertz CT molecular complexity index is 387. The number of amides is 1. The quantitative estimate of drug-likeness (QED) is 0.693. The maximum atomic E-state index is 11.4. The maximum absolute atomic E-state index is 11.4. The summed E-state index contributed by atoms with van der Waals surface area (Å²) in [4.78, 5) is 11.4. The smallest absolute Gasteiger partial charge is 0.248 e. The van der Waals surface area contributed by atoms with E-state index in [1.165, 1.54) is 0 Å². The number of hydrogen-bond donors (Lipinski definition) is 2. The van der Waals surface area contributed by atoms with Crippen LogP contribution in [0.2, 0.25) is 0 Å². The topological polar surface area (TPSA) is 61.7 Å². The van der Waals surface area contributed by atoms with Gasteiger partial charge in [-0.1, -0.05) is 18.2 Å². The van der Waals surface area contributed by atoms with Gasteiger partial charge in [-0.3, -0.25) is 4.79 Å². The van der Waals surface area contributed by atoms with Crippen LogP contribution >= 0.6 is 0 Å². The summed E-state index contributed by atoms with van der Waals surface area (Å²) in [6.07, 6.45) is 2.17. The average molecular weight is 190 g/mol. The third kappa shape index (κ3) is 1.46. The summed E-state index contributed by atoms with van der Waals surface area (Å²) in [5.74, 6) is -0.342. The van der Waals surface area contributed by atoms with Crippen LogP contribution in [0, 0.1) is 0 Å². The summed E-state index contributed by atoms with van der Waals surface area (Å²) < 4.78 is 0. The number of phenols is 1. The molecule has 2 rings (SSSR count). The monoisotopic (exact) mass is 190 g/mol. The molecule has 0 aliphatic carbocycles. The zero-order valence-corrected chi connectivity index (χ0v) is 7.47. The molecule has 14 heavy (non-hydrogen) atoms. The van der Waals surface area contributed by atoms with Crippen LogP contribution in [0.3, 0.4) is 0 Å². The van der Waals surface area contributed by atoms with Crippen LogP contribution in [0.1, 0.15) is 17.9 Å². The van der Waals surface area contributed by atoms with E-state index in [9.17, 15) is 9.90 Å². The second-order valence-electron chi connectivity index (χ2n) is 3.13. The average Bonchev–Trinajstić information content (AvgIpc) is 2.20. The van der Waals surface area contributed by atoms with Gasteiger partial charge in [0.15, 0.2) is 0 Å². The second-order valence-corrected chi connectivity index (χ2v) is 3.13. The first-order chi connectivity index (χ1) is 6.79. The van der Waals surface area contributed by atoms with Crippen molar-refractivity contribution in [2.24, 2.45) is 5.10 Å². The van der Waals surface area contributed by atoms with Crippen LogP contribution in [0.15, 0.2) is 29.4 Å². The fourth-order valence-corrected chi connectivity index (χ4v) is 1.50. The van der Waals surface area contributed by atoms with Gasteiger partial charge in [-0.05, 0) is 6.07 Å². The van der Waals surface area contributed by atoms with E-state index in [2.05, 4.69) is 10.5 Å². The number of hydrazone groups is 1. The molecule has 1 aromatic rings. The third-order valence-electron chi connectivity index (χ3n) is 2.24. The van der Waals surface area contributed by atoms with Gasteiger partial charge in [-0.15, -0.1) is 0 Å². The molecule has 0 bridgehead atoms. The molecule has 2 N–H and O–H groups in total. The van der Waals surface area contributed by atoms with Gasteiger partial charge in [0.1, 0.15) is 5.75 Å². The van der Waals surface area contributed by atoms with Crippen molar-refractivity contribution in [1.82, 2.24) is 5.43 Å². The largest absolute Gasteiger partial charge is 0.508 e. The standard InChI is InChI=1S/C10H10N2O2/c13-9-4-2-1-3-7(9)8-5-6-11-12-10(8)14/h1-4,6,8,13H,5H2,(H,12,14). The number of phenolic OH excluding ortho intramolecular Hbond substituents is 1. The van der Waals surface area contributed by atoms with Gasteiger partial charge in [0.2, 0.25) is 5.91 Å². The lowest BCUT2D eigenvalue weighted by molar-refractivity contribution is -0.122. The van der Waals surface area contributed by atoms with E-state index < -0.39 is 0 Å². The molecule has 4 heteroatoms. The Morgan fingerprint density at radius 3 is 2.93 bits per heavy atom. The number of para-hydroxylation sites is 1. The highest BCUT2D eigenvalue weighted by atomic mass is 16.3. The van der Waals surface area contributed by atoms with Crippen LogP contribution in [0.4, 0.5) is 0 Å². The molecule has 0 spiro atoms. The molecule has 4 nitrogen and oxygen atoms in total. The van der Waals surface area contributed by atoms with Crippen molar-refractivity contribution in [3.05, 3.63) is 29.8 Å². The molecule has 1 aliphatic rings. The minimum atomic E-state index is -0.325. The van der Waals surface area contributed by atoms with Crippen LogP contribution in [0.25, 0.3) is 0 Å². The molecule has 0 fully saturated rings. The van der Waals surface area contributed by atoms with Crippen LogP contribution < -0.4 is 5.43 Å². The Labute approximate surface area is 81.3 Å². The Balaban J connectivity index is 2.35. The Morgan fingerprint density at radius 1 is 1.43 bits per heavy atom. The summed E-state index contributed by atoms with van der Waals surface area (Å²) >= 11 is 0. The first kappa shape index (κ1) is 8.74. The number of rotatable bonds is 1. The van der Waals surface area contributed by atoms with Gasteiger partial charge in [0.05, 0.1) is 5.92 Å². The Morgan fingerprint density at radius 2 is 2.21 bits per heavy atom. The predicted octanol–water partition coefficient (Wildman–Crippen LogP) is 0.982. The molecule has 1 aromatic carbocycles. The predicted molar refractivity (Wildman–Crippen MR) is 52.1 cm³/mol. The van der Waals surface area contributed by atoms with E-state index >= 15 is 0 Å². The zero-order valence-electron chi connectivity index (χ0n) is 7.47. The van der Waals surface area contributed by atoms with Gasteiger partial charge < -0.3 is 5.11 Å². The number of nitrogens with zero attached hydrogens (tertiary/aromatic N) is 1. The molecule has 1 atom stereocenters. The first-order valence-corrected chi connectivity index (χ1v) is 4.38. The zero-order chi connectivity index (χ0) is 9.97. The van der Waals surface area contributed by atoms with Crippen LogP contribution in [-0.4, -0.2) is 17.2 Å². The normalized spacial score (nSPS) is 20.6. The fraction of sp³-hybridized carbons (Fsp3) is 0.200. The molecule has 72 valence electrons. The van der Waals surface area contributed by atoms with E-state index in [1.54, 1.807) is 30.5 Å². The molecule has 0 aromatic heterocycles. The van der Waals surface area contributed by atoms with Gasteiger partial charge in [-0.25, -0.2) is 5.43 Å². The van der Waals surface area contributed by atoms with E-state index in [1.807, 2.05) is 0 Å². The number of benzene rings is 1. The third-order valence-corrected chi connectivity index (χ3v) is 2.24. The molecule has 1 heterocycles. The minimum Gasteiger partial charge on any atom is -0.508 e. The summed E-state index contributed by atoms with van der Waals surface area (Å²) in [5.41, 5.74) is 3.03. The lowest BCUT2D eigenvalue weighted by Gasteiger charge is -2.17. The van der Waals surface area contributed by atoms with Crippen molar-refractivity contribution >= 4 is 12.1 Å². The van der Waals surface area contributed by atoms with E-state index in [-0.39, 0.29) is 17.6 Å². The van der Waals surface area contributed by atoms with E-state index in [0.29, 0.717) is 12.0 Å². The lowest BCUT2D eigenvalue weighted by Crippen LogP contribution is -2.29. The highest BCUT2D eigenvalue weighted by Crippen LogP contribution is 2.28. The highest BCUT2D eigenvalue weighted by Gasteiger charge is 2.24. The summed E-state index contributed by atoms with van der Waals surface area (Å²) in [6.45, 7) is 0. The summed E-state index contributed by atoms with van der Waals surface area (Å²) in [7, 11) is 0. The van der Waals surface area contributed by atoms with E-state index in [4.69, 9.17) is 0 Å². The highest BCUT2D eigenvalue weighted by molar-refractivity contribution is 5.89. The van der Waals surface area contributed by atoms with Gasteiger partial charge in [-0.2, -0.15) is 5.10 Å². The molecule has 0 radical (unpaired) electrons. The Hall–Kier alpha value is -1.84. The number of carbonyl (C=O) groups is 1. The molecule has 0 saturated carbocycles. The summed E-state index contributed by atoms with van der Waals surface area (Å²) in [5, 5.41) is 13.2. The van der Waals surface area contributed by atoms with Gasteiger partial charge in [0.25, 0.3) is 0 Å². The summed E-state index contributed by atoms with van der Waals surface area (Å²) in [6, 6.07) is 6.86. The number of nitrogens with one attached hydrogen (secondary N) is 1. The number of carbonyl (C=O) groups excluding carboxylic acids is 1. The molecule has 1 aliphatic heterocycles. The van der Waals surface area contributed by atoms with Gasteiger partial charge in [0, 0.05) is 18.2 Å². The van der Waals surface area contributed by atoms with Gasteiger partial charge >= 0.3 is 0 Å². The minimum absolute atomic E-state index is 0.156. The molecule has 1 amide bonds. The SMILES string of the molecule is O=C1NN=CCC1c1ccccc1O. The molecule has 1 unspecified atom stereocenters. The second kappa shape index (κ2) is 3.49. The van der Waals surface area contributed by atoms with Crippen molar-refractivity contribution in [3.8, 4) is 5.75 Å². The number of aromatic hydroxyl groups is 1. The van der Waals surface area contributed by atoms with Crippen molar-refractivity contribution < 1.29 is 9.90 Å². The van der Waals surface area contributed by atoms with Crippen molar-refractivity contribution in [3.63, 3.8) is 0 Å². The number of hydrogen-bond acceptors (Lipinski definition) is 3. The van der Waals surface area contributed by atoms with Crippen molar-refractivity contribution in [1.29, 1.82) is 0 Å². The molecule has 0 saturated heterocycles. The molecular weight excluding hydrogens is 180 g/mol. The van der Waals surface area contributed by atoms with E-state index in [0.717, 1.165) is 0 Å². The fourth-order valence-electron chi connectivity index (χ4n) is 1.50. The van der Waals surface area contributed by atoms with Crippen molar-refractivity contribution in [2.45, 2.75) is 12.3 Å². The maximum Gasteiger partial charge on any atom is 0.248 e. The van der Waals surface area contributed by atoms with Crippen molar-refractivity contribution in [2.75, 3.05) is 0 Å². The van der Waals surface area contributed by atoms with Crippen LogP contribution in [0.5, 0.6) is 5.75 Å². The van der Waals surface area contributed by atoms with Crippen LogP contribution in [-0.2, 0) is 4.79 Å². The first-order valence-electron chi connectivity index (χ1n) is 4.38.